The SMILES string of the molecule is Clc1ncn(CCCCN2CCN(c3ncccn3)CC2)c1Cl. The molecule has 0 bridgehead atoms. The van der Waals surface area contributed by atoms with Crippen molar-refractivity contribution >= 4 is 29.2 Å². The first-order chi connectivity index (χ1) is 11.2. The summed E-state index contributed by atoms with van der Waals surface area (Å²) in [6.07, 6.45) is 7.48. The van der Waals surface area contributed by atoms with Crippen LogP contribution in [0.25, 0.3) is 0 Å². The number of unbranched alkanes of at least 4 members (excludes halogenated alkanes) is 1. The van der Waals surface area contributed by atoms with E-state index in [2.05, 4.69) is 24.8 Å². The van der Waals surface area contributed by atoms with E-state index in [4.69, 9.17) is 23.2 Å². The first-order valence-electron chi connectivity index (χ1n) is 7.84. The maximum Gasteiger partial charge on any atom is 0.225 e. The molecule has 0 spiro atoms. The van der Waals surface area contributed by atoms with E-state index in [1.165, 1.54) is 0 Å². The van der Waals surface area contributed by atoms with Crippen molar-refractivity contribution in [1.82, 2.24) is 24.4 Å². The van der Waals surface area contributed by atoms with Crippen molar-refractivity contribution in [2.45, 2.75) is 19.4 Å². The zero-order chi connectivity index (χ0) is 16.1. The van der Waals surface area contributed by atoms with Gasteiger partial charge in [-0.15, -0.1) is 0 Å². The summed E-state index contributed by atoms with van der Waals surface area (Å²) in [5.41, 5.74) is 0. The summed E-state index contributed by atoms with van der Waals surface area (Å²) in [4.78, 5) is 17.3. The highest BCUT2D eigenvalue weighted by Gasteiger charge is 2.18. The maximum atomic E-state index is 6.05. The van der Waals surface area contributed by atoms with Crippen LogP contribution >= 0.6 is 23.2 Å². The van der Waals surface area contributed by atoms with E-state index in [0.29, 0.717) is 10.3 Å². The number of nitrogens with zero attached hydrogens (tertiary/aromatic N) is 6. The Balaban J connectivity index is 1.36. The van der Waals surface area contributed by atoms with E-state index < -0.39 is 0 Å². The molecule has 3 heterocycles. The smallest absolute Gasteiger partial charge is 0.225 e. The van der Waals surface area contributed by atoms with Crippen LogP contribution in [0.15, 0.2) is 24.8 Å². The lowest BCUT2D eigenvalue weighted by Crippen LogP contribution is -2.47. The predicted octanol–water partition coefficient (Wildman–Crippen LogP) is 2.58. The van der Waals surface area contributed by atoms with Gasteiger partial charge in [0.25, 0.3) is 0 Å². The monoisotopic (exact) mass is 354 g/mol. The van der Waals surface area contributed by atoms with Gasteiger partial charge in [-0.05, 0) is 25.5 Å². The number of anilines is 1. The highest BCUT2D eigenvalue weighted by molar-refractivity contribution is 6.40. The average molecular weight is 355 g/mol. The molecule has 6 nitrogen and oxygen atoms in total. The summed E-state index contributed by atoms with van der Waals surface area (Å²) in [5, 5.41) is 0.911. The van der Waals surface area contributed by atoms with Crippen LogP contribution in [0, 0.1) is 0 Å². The second kappa shape index (κ2) is 7.95. The van der Waals surface area contributed by atoms with Gasteiger partial charge in [-0.3, -0.25) is 4.90 Å². The fourth-order valence-electron chi connectivity index (χ4n) is 2.74. The summed E-state index contributed by atoms with van der Waals surface area (Å²) in [6, 6.07) is 1.85. The molecule has 0 unspecified atom stereocenters. The number of aromatic nitrogens is 4. The van der Waals surface area contributed by atoms with Crippen LogP contribution < -0.4 is 4.90 Å². The Labute approximate surface area is 146 Å². The van der Waals surface area contributed by atoms with Gasteiger partial charge in [-0.25, -0.2) is 15.0 Å². The van der Waals surface area contributed by atoms with Crippen molar-refractivity contribution in [3.8, 4) is 0 Å². The molecule has 1 aliphatic rings. The van der Waals surface area contributed by atoms with Gasteiger partial charge < -0.3 is 9.47 Å². The number of hydrogen-bond donors (Lipinski definition) is 0. The van der Waals surface area contributed by atoms with Gasteiger partial charge in [-0.2, -0.15) is 0 Å². The van der Waals surface area contributed by atoms with E-state index in [1.54, 1.807) is 18.7 Å². The molecular weight excluding hydrogens is 335 g/mol. The van der Waals surface area contributed by atoms with Crippen molar-refractivity contribution in [3.05, 3.63) is 35.1 Å². The van der Waals surface area contributed by atoms with Gasteiger partial charge in [0.15, 0.2) is 5.15 Å². The Morgan fingerprint density at radius 3 is 2.26 bits per heavy atom. The number of aryl methyl sites for hydroxylation is 1. The predicted molar refractivity (Wildman–Crippen MR) is 92.2 cm³/mol. The van der Waals surface area contributed by atoms with E-state index in [0.717, 1.165) is 58.1 Å². The second-order valence-corrected chi connectivity index (χ2v) is 6.32. The molecule has 1 fully saturated rings. The molecule has 0 saturated carbocycles. The molecule has 23 heavy (non-hydrogen) atoms. The minimum absolute atomic E-state index is 0.380. The van der Waals surface area contributed by atoms with Crippen LogP contribution in [-0.4, -0.2) is 57.1 Å². The zero-order valence-corrected chi connectivity index (χ0v) is 14.4. The van der Waals surface area contributed by atoms with E-state index in [-0.39, 0.29) is 0 Å². The molecule has 0 radical (unpaired) electrons. The van der Waals surface area contributed by atoms with Gasteiger partial charge in [0.2, 0.25) is 5.95 Å². The van der Waals surface area contributed by atoms with Gasteiger partial charge in [0, 0.05) is 45.1 Å². The quantitative estimate of drug-likeness (QED) is 0.746. The van der Waals surface area contributed by atoms with Crippen molar-refractivity contribution in [1.29, 1.82) is 0 Å². The molecule has 0 amide bonds. The lowest BCUT2D eigenvalue weighted by Gasteiger charge is -2.34. The molecule has 0 aromatic carbocycles. The summed E-state index contributed by atoms with van der Waals surface area (Å²) < 4.78 is 1.90. The largest absolute Gasteiger partial charge is 0.338 e. The number of hydrogen-bond acceptors (Lipinski definition) is 5. The normalized spacial score (nSPS) is 16.0. The lowest BCUT2D eigenvalue weighted by atomic mass is 10.2. The highest BCUT2D eigenvalue weighted by atomic mass is 35.5. The van der Waals surface area contributed by atoms with Gasteiger partial charge in [0.05, 0.1) is 6.33 Å². The first-order valence-corrected chi connectivity index (χ1v) is 8.60. The molecule has 1 aliphatic heterocycles. The Morgan fingerprint density at radius 1 is 0.913 bits per heavy atom. The standard InChI is InChI=1S/C15H20Cl2N6/c16-13-14(17)23(12-20-13)7-2-1-6-21-8-10-22(11-9-21)15-18-4-3-5-19-15/h3-5,12H,1-2,6-11H2. The molecule has 2 aromatic rings. The Morgan fingerprint density at radius 2 is 1.61 bits per heavy atom. The molecule has 0 N–H and O–H groups in total. The third kappa shape index (κ3) is 4.34. The zero-order valence-electron chi connectivity index (χ0n) is 12.9. The van der Waals surface area contributed by atoms with Crippen LogP contribution in [0.3, 0.4) is 0 Å². The fourth-order valence-corrected chi connectivity index (χ4v) is 3.07. The van der Waals surface area contributed by atoms with Crippen LogP contribution in [-0.2, 0) is 6.54 Å². The molecular formula is C15H20Cl2N6. The minimum atomic E-state index is 0.380. The third-order valence-electron chi connectivity index (χ3n) is 4.06. The molecule has 1 saturated heterocycles. The van der Waals surface area contributed by atoms with Gasteiger partial charge in [-0.1, -0.05) is 23.2 Å². The van der Waals surface area contributed by atoms with Gasteiger partial charge >= 0.3 is 0 Å². The van der Waals surface area contributed by atoms with Crippen molar-refractivity contribution in [2.75, 3.05) is 37.6 Å². The van der Waals surface area contributed by atoms with E-state index in [9.17, 15) is 0 Å². The molecule has 8 heteroatoms. The van der Waals surface area contributed by atoms with Crippen LogP contribution in [0.1, 0.15) is 12.8 Å². The minimum Gasteiger partial charge on any atom is -0.338 e. The second-order valence-electron chi connectivity index (χ2n) is 5.60. The maximum absolute atomic E-state index is 6.05. The number of imidazole rings is 1. The number of piperazine rings is 1. The Hall–Kier alpha value is -1.37. The fraction of sp³-hybridized carbons (Fsp3) is 0.533. The summed E-state index contributed by atoms with van der Waals surface area (Å²) >= 11 is 11.9. The number of rotatable bonds is 6. The lowest BCUT2D eigenvalue weighted by molar-refractivity contribution is 0.250. The topological polar surface area (TPSA) is 50.1 Å². The highest BCUT2D eigenvalue weighted by Crippen LogP contribution is 2.20. The van der Waals surface area contributed by atoms with E-state index in [1.807, 2.05) is 10.6 Å². The number of halogens is 2. The van der Waals surface area contributed by atoms with Gasteiger partial charge in [0.1, 0.15) is 5.15 Å². The average Bonchev–Trinajstić information content (AvgIpc) is 2.92. The van der Waals surface area contributed by atoms with Crippen molar-refractivity contribution in [2.24, 2.45) is 0 Å². The molecule has 3 rings (SSSR count). The Bertz CT molecular complexity index is 610. The molecule has 124 valence electrons. The van der Waals surface area contributed by atoms with E-state index >= 15 is 0 Å². The Kier molecular flexibility index (Phi) is 5.70. The van der Waals surface area contributed by atoms with Crippen LogP contribution in [0.4, 0.5) is 5.95 Å². The summed E-state index contributed by atoms with van der Waals surface area (Å²) in [5.74, 6) is 0.832. The molecule has 2 aromatic heterocycles. The van der Waals surface area contributed by atoms with Crippen molar-refractivity contribution in [3.63, 3.8) is 0 Å². The molecule has 0 aliphatic carbocycles. The summed E-state index contributed by atoms with van der Waals surface area (Å²) in [6.45, 7) is 6.02. The summed E-state index contributed by atoms with van der Waals surface area (Å²) in [7, 11) is 0. The molecule has 0 atom stereocenters. The third-order valence-corrected chi connectivity index (χ3v) is 4.83. The van der Waals surface area contributed by atoms with Crippen LogP contribution in [0.2, 0.25) is 10.3 Å². The van der Waals surface area contributed by atoms with Crippen LogP contribution in [0.5, 0.6) is 0 Å². The first kappa shape index (κ1) is 16.5. The van der Waals surface area contributed by atoms with Crippen molar-refractivity contribution < 1.29 is 0 Å².